The van der Waals surface area contributed by atoms with E-state index in [4.69, 9.17) is 29.2 Å². The fourth-order valence-corrected chi connectivity index (χ4v) is 2.37. The molecule has 0 bridgehead atoms. The predicted octanol–water partition coefficient (Wildman–Crippen LogP) is -0.00280. The molecule has 1 rings (SSSR count). The number of hydrogen-bond donors (Lipinski definition) is 4. The van der Waals surface area contributed by atoms with Gasteiger partial charge in [0.1, 0.15) is 27.2 Å². The average molecular weight is 434 g/mol. The molecule has 0 saturated heterocycles. The van der Waals surface area contributed by atoms with Crippen LogP contribution in [0.2, 0.25) is 0 Å². The number of aliphatic hydroxyl groups is 2. The summed E-state index contributed by atoms with van der Waals surface area (Å²) in [5, 5.41) is 35.7. The van der Waals surface area contributed by atoms with Crippen molar-refractivity contribution in [2.24, 2.45) is 0 Å². The lowest BCUT2D eigenvalue weighted by molar-refractivity contribution is -0.157. The largest absolute Gasteiger partial charge is 0.478 e. The third-order valence-corrected chi connectivity index (χ3v) is 3.67. The van der Waals surface area contributed by atoms with Gasteiger partial charge in [0.15, 0.2) is 13.6 Å². The number of hydrogen-bond acceptors (Lipinski definition) is 10. The standard InChI is InChI=1S/C18H26O12/c19-7-27-11-29-9-25-3-1-13-5-14(2-4-26-10-30-12-28-8-20)16(18(23)24)6-15(13)17(21)22/h5-6,19-20H,1-4,7-12H2,(H,21,22)(H,23,24). The molecular weight excluding hydrogens is 408 g/mol. The molecule has 0 aliphatic carbocycles. The van der Waals surface area contributed by atoms with E-state index in [0.717, 1.165) is 6.07 Å². The maximum absolute atomic E-state index is 11.5. The van der Waals surface area contributed by atoms with E-state index < -0.39 is 25.5 Å². The van der Waals surface area contributed by atoms with Gasteiger partial charge in [0.05, 0.1) is 24.3 Å². The number of aromatic carboxylic acids is 2. The molecule has 1 aromatic rings. The third-order valence-electron chi connectivity index (χ3n) is 3.67. The minimum Gasteiger partial charge on any atom is -0.478 e. The van der Waals surface area contributed by atoms with E-state index in [1.54, 1.807) is 0 Å². The Morgan fingerprint density at radius 3 is 1.40 bits per heavy atom. The van der Waals surface area contributed by atoms with E-state index in [2.05, 4.69) is 9.47 Å². The average Bonchev–Trinajstić information content (AvgIpc) is 2.72. The SMILES string of the molecule is O=C(O)c1cc(C(=O)O)c(CCOCOCOCO)cc1CCOCOCOCO. The number of carboxylic acids is 2. The van der Waals surface area contributed by atoms with Crippen molar-refractivity contribution in [1.82, 2.24) is 0 Å². The molecule has 0 radical (unpaired) electrons. The van der Waals surface area contributed by atoms with Gasteiger partial charge < -0.3 is 48.8 Å². The zero-order valence-electron chi connectivity index (χ0n) is 16.3. The van der Waals surface area contributed by atoms with Gasteiger partial charge >= 0.3 is 11.9 Å². The van der Waals surface area contributed by atoms with Gasteiger partial charge in [-0.2, -0.15) is 0 Å². The second-order valence-electron chi connectivity index (χ2n) is 5.64. The molecule has 12 nitrogen and oxygen atoms in total. The summed E-state index contributed by atoms with van der Waals surface area (Å²) in [7, 11) is 0. The molecule has 30 heavy (non-hydrogen) atoms. The summed E-state index contributed by atoms with van der Waals surface area (Å²) in [5.41, 5.74) is 0.549. The number of benzene rings is 1. The van der Waals surface area contributed by atoms with Gasteiger partial charge in [-0.25, -0.2) is 9.59 Å². The minimum absolute atomic E-state index is 0.115. The highest BCUT2D eigenvalue weighted by molar-refractivity contribution is 5.96. The van der Waals surface area contributed by atoms with E-state index in [0.29, 0.717) is 11.1 Å². The molecule has 0 atom stereocenters. The summed E-state index contributed by atoms with van der Waals surface area (Å²) in [6.45, 7) is -1.23. The van der Waals surface area contributed by atoms with E-state index in [1.165, 1.54) is 6.07 Å². The van der Waals surface area contributed by atoms with Gasteiger partial charge in [-0.15, -0.1) is 0 Å². The van der Waals surface area contributed by atoms with Gasteiger partial charge in [-0.3, -0.25) is 0 Å². The Hall–Kier alpha value is -2.16. The molecule has 0 fully saturated rings. The maximum Gasteiger partial charge on any atom is 0.335 e. The zero-order chi connectivity index (χ0) is 22.2. The van der Waals surface area contributed by atoms with Crippen LogP contribution in [0.4, 0.5) is 0 Å². The van der Waals surface area contributed by atoms with E-state index in [9.17, 15) is 19.8 Å². The van der Waals surface area contributed by atoms with Gasteiger partial charge in [-0.05, 0) is 30.0 Å². The topological polar surface area (TPSA) is 170 Å². The lowest BCUT2D eigenvalue weighted by atomic mass is 9.95. The summed E-state index contributed by atoms with van der Waals surface area (Å²) >= 11 is 0. The Morgan fingerprint density at radius 2 is 1.03 bits per heavy atom. The first-order valence-electron chi connectivity index (χ1n) is 8.81. The quantitative estimate of drug-likeness (QED) is 0.180. The van der Waals surface area contributed by atoms with Crippen LogP contribution in [0, 0.1) is 0 Å². The molecule has 0 heterocycles. The number of ether oxygens (including phenoxy) is 6. The van der Waals surface area contributed by atoms with Crippen LogP contribution in [-0.4, -0.2) is 86.3 Å². The number of carbonyl (C=O) groups is 2. The second kappa shape index (κ2) is 15.6. The number of aliphatic hydroxyl groups excluding tert-OH is 2. The third kappa shape index (κ3) is 10.0. The highest BCUT2D eigenvalue weighted by Gasteiger charge is 2.18. The smallest absolute Gasteiger partial charge is 0.335 e. The van der Waals surface area contributed by atoms with Gasteiger partial charge in [-0.1, -0.05) is 6.07 Å². The van der Waals surface area contributed by atoms with Crippen LogP contribution in [0.3, 0.4) is 0 Å². The number of rotatable bonds is 18. The highest BCUT2D eigenvalue weighted by atomic mass is 16.8. The Kier molecular flexibility index (Phi) is 13.5. The summed E-state index contributed by atoms with van der Waals surface area (Å²) in [6.07, 6.45) is 0.419. The van der Waals surface area contributed by atoms with Crippen molar-refractivity contribution in [3.8, 4) is 0 Å². The van der Waals surface area contributed by atoms with Crippen LogP contribution in [-0.2, 0) is 41.3 Å². The molecular formula is C18H26O12. The molecule has 0 aromatic heterocycles. The molecule has 0 amide bonds. The first-order chi connectivity index (χ1) is 14.5. The van der Waals surface area contributed by atoms with Gasteiger partial charge in [0.25, 0.3) is 0 Å². The lowest BCUT2D eigenvalue weighted by Crippen LogP contribution is -2.14. The van der Waals surface area contributed by atoms with E-state index >= 15 is 0 Å². The molecule has 0 spiro atoms. The molecule has 0 saturated carbocycles. The van der Waals surface area contributed by atoms with Crippen LogP contribution in [0.25, 0.3) is 0 Å². The van der Waals surface area contributed by atoms with Crippen molar-refractivity contribution in [1.29, 1.82) is 0 Å². The summed E-state index contributed by atoms with van der Waals surface area (Å²) in [5.74, 6) is -2.50. The lowest BCUT2D eigenvalue weighted by Gasteiger charge is -2.13. The molecule has 0 aliphatic rings. The molecule has 4 N–H and O–H groups in total. The Balaban J connectivity index is 2.70. The Morgan fingerprint density at radius 1 is 0.633 bits per heavy atom. The van der Waals surface area contributed by atoms with Crippen molar-refractivity contribution in [2.45, 2.75) is 12.8 Å². The first kappa shape index (κ1) is 25.9. The van der Waals surface area contributed by atoms with Gasteiger partial charge in [0, 0.05) is 0 Å². The summed E-state index contributed by atoms with van der Waals surface area (Å²) in [6, 6.07) is 2.62. The van der Waals surface area contributed by atoms with Crippen molar-refractivity contribution in [3.05, 3.63) is 34.4 Å². The minimum atomic E-state index is -1.25. The van der Waals surface area contributed by atoms with Crippen LogP contribution in [0.1, 0.15) is 31.8 Å². The molecule has 0 unspecified atom stereocenters. The van der Waals surface area contributed by atoms with Crippen molar-refractivity contribution in [3.63, 3.8) is 0 Å². The molecule has 12 heteroatoms. The van der Waals surface area contributed by atoms with Crippen LogP contribution >= 0.6 is 0 Å². The predicted molar refractivity (Wildman–Crippen MR) is 97.7 cm³/mol. The second-order valence-corrected chi connectivity index (χ2v) is 5.64. The molecule has 170 valence electrons. The van der Waals surface area contributed by atoms with E-state index in [-0.39, 0.29) is 64.4 Å². The summed E-state index contributed by atoms with van der Waals surface area (Å²) in [4.78, 5) is 23.1. The zero-order valence-corrected chi connectivity index (χ0v) is 16.3. The van der Waals surface area contributed by atoms with E-state index in [1.807, 2.05) is 0 Å². The highest BCUT2D eigenvalue weighted by Crippen LogP contribution is 2.20. The summed E-state index contributed by atoms with van der Waals surface area (Å²) < 4.78 is 29.4. The van der Waals surface area contributed by atoms with Crippen molar-refractivity contribution in [2.75, 3.05) is 54.0 Å². The maximum atomic E-state index is 11.5. The van der Waals surface area contributed by atoms with Crippen LogP contribution in [0.15, 0.2) is 12.1 Å². The Labute approximate surface area is 172 Å². The number of carboxylic acid groups (broad SMARTS) is 2. The Bertz CT molecular complexity index is 597. The fourth-order valence-electron chi connectivity index (χ4n) is 2.37. The fraction of sp³-hybridized carbons (Fsp3) is 0.556. The van der Waals surface area contributed by atoms with Crippen molar-refractivity contribution >= 4 is 11.9 Å². The molecule has 0 aliphatic heterocycles. The normalized spacial score (nSPS) is 11.0. The molecule has 1 aromatic carbocycles. The van der Waals surface area contributed by atoms with Crippen molar-refractivity contribution < 1.29 is 58.4 Å². The first-order valence-corrected chi connectivity index (χ1v) is 8.81. The van der Waals surface area contributed by atoms with Crippen LogP contribution in [0.5, 0.6) is 0 Å². The van der Waals surface area contributed by atoms with Gasteiger partial charge in [0.2, 0.25) is 0 Å². The monoisotopic (exact) mass is 434 g/mol. The van der Waals surface area contributed by atoms with Crippen LogP contribution < -0.4 is 0 Å².